The fourth-order valence-corrected chi connectivity index (χ4v) is 2.80. The molecule has 0 spiro atoms. The first-order valence-electron chi connectivity index (χ1n) is 5.46. The van der Waals surface area contributed by atoms with Gasteiger partial charge in [-0.1, -0.05) is 18.2 Å². The summed E-state index contributed by atoms with van der Waals surface area (Å²) in [7, 11) is -1.78. The van der Waals surface area contributed by atoms with Crippen LogP contribution in [0.3, 0.4) is 0 Å². The van der Waals surface area contributed by atoms with Crippen LogP contribution in [-0.2, 0) is 23.6 Å². The minimum absolute atomic E-state index is 0.217. The van der Waals surface area contributed by atoms with E-state index in [4.69, 9.17) is 5.73 Å². The fourth-order valence-electron chi connectivity index (χ4n) is 1.65. The maximum Gasteiger partial charge on any atom is 0.263 e. The van der Waals surface area contributed by atoms with Crippen molar-refractivity contribution in [1.82, 2.24) is 4.57 Å². The first-order chi connectivity index (χ1) is 8.53. The molecule has 0 saturated carbocycles. The van der Waals surface area contributed by atoms with Gasteiger partial charge in [0.2, 0.25) is 0 Å². The molecule has 0 fully saturated rings. The highest BCUT2D eigenvalue weighted by atomic mass is 32.2. The number of aryl methyl sites for hydroxylation is 1. The average Bonchev–Trinajstić information content (AvgIpc) is 2.72. The van der Waals surface area contributed by atoms with Crippen LogP contribution in [0.15, 0.2) is 47.5 Å². The molecule has 18 heavy (non-hydrogen) atoms. The largest absolute Gasteiger partial charge is 0.352 e. The summed E-state index contributed by atoms with van der Waals surface area (Å²) in [5.41, 5.74) is 6.83. The number of para-hydroxylation sites is 1. The van der Waals surface area contributed by atoms with E-state index in [-0.39, 0.29) is 4.90 Å². The molecule has 0 radical (unpaired) electrons. The van der Waals surface area contributed by atoms with E-state index in [0.717, 1.165) is 5.69 Å². The lowest BCUT2D eigenvalue weighted by molar-refractivity contribution is 0.601. The summed E-state index contributed by atoms with van der Waals surface area (Å²) >= 11 is 0. The maximum atomic E-state index is 12.1. The summed E-state index contributed by atoms with van der Waals surface area (Å²) < 4.78 is 28.5. The van der Waals surface area contributed by atoms with Crippen LogP contribution in [-0.4, -0.2) is 13.0 Å². The molecule has 5 nitrogen and oxygen atoms in total. The molecular formula is C12H15N3O2S. The van der Waals surface area contributed by atoms with Gasteiger partial charge < -0.3 is 10.3 Å². The lowest BCUT2D eigenvalue weighted by Gasteiger charge is -2.05. The Hall–Kier alpha value is -1.79. The molecule has 0 aliphatic carbocycles. The van der Waals surface area contributed by atoms with Crippen LogP contribution in [0.5, 0.6) is 0 Å². The topological polar surface area (TPSA) is 77.1 Å². The quantitative estimate of drug-likeness (QED) is 0.874. The second kappa shape index (κ2) is 4.83. The second-order valence-electron chi connectivity index (χ2n) is 3.95. The van der Waals surface area contributed by atoms with Crippen LogP contribution in [0.1, 0.15) is 5.69 Å². The van der Waals surface area contributed by atoms with Gasteiger partial charge in [0.25, 0.3) is 10.0 Å². The van der Waals surface area contributed by atoms with Crippen LogP contribution >= 0.6 is 0 Å². The van der Waals surface area contributed by atoms with Gasteiger partial charge in [-0.25, -0.2) is 8.42 Å². The normalized spacial score (nSPS) is 11.4. The molecule has 3 N–H and O–H groups in total. The van der Waals surface area contributed by atoms with E-state index in [2.05, 4.69) is 4.72 Å². The Kier molecular flexibility index (Phi) is 3.40. The molecule has 1 aromatic carbocycles. The number of nitrogens with two attached hydrogens (primary N) is 1. The lowest BCUT2D eigenvalue weighted by Crippen LogP contribution is -2.12. The molecule has 96 valence electrons. The Morgan fingerprint density at radius 1 is 1.28 bits per heavy atom. The molecule has 0 aliphatic rings. The molecule has 1 heterocycles. The summed E-state index contributed by atoms with van der Waals surface area (Å²) in [5, 5.41) is 0. The van der Waals surface area contributed by atoms with E-state index in [0.29, 0.717) is 12.2 Å². The number of anilines is 1. The number of nitrogens with zero attached hydrogens (tertiary/aromatic N) is 1. The Bertz CT molecular complexity index is 633. The van der Waals surface area contributed by atoms with Gasteiger partial charge in [0.15, 0.2) is 0 Å². The smallest absolute Gasteiger partial charge is 0.263 e. The summed E-state index contributed by atoms with van der Waals surface area (Å²) in [6.45, 7) is 0.303. The van der Waals surface area contributed by atoms with Crippen molar-refractivity contribution in [1.29, 1.82) is 0 Å². The van der Waals surface area contributed by atoms with Crippen molar-refractivity contribution in [2.75, 3.05) is 4.72 Å². The number of benzene rings is 1. The van der Waals surface area contributed by atoms with Crippen molar-refractivity contribution in [2.24, 2.45) is 12.8 Å². The van der Waals surface area contributed by atoms with E-state index >= 15 is 0 Å². The van der Waals surface area contributed by atoms with E-state index < -0.39 is 10.0 Å². The summed E-state index contributed by atoms with van der Waals surface area (Å²) in [4.78, 5) is 0.217. The zero-order valence-corrected chi connectivity index (χ0v) is 10.8. The first kappa shape index (κ1) is 12.7. The van der Waals surface area contributed by atoms with Gasteiger partial charge in [0.1, 0.15) is 4.90 Å². The van der Waals surface area contributed by atoms with Crippen LogP contribution in [0.2, 0.25) is 0 Å². The predicted molar refractivity (Wildman–Crippen MR) is 70.6 cm³/mol. The van der Waals surface area contributed by atoms with Crippen molar-refractivity contribution >= 4 is 15.7 Å². The van der Waals surface area contributed by atoms with Crippen molar-refractivity contribution < 1.29 is 8.42 Å². The second-order valence-corrected chi connectivity index (χ2v) is 5.64. The molecule has 0 atom stereocenters. The molecule has 0 aliphatic heterocycles. The highest BCUT2D eigenvalue weighted by Crippen LogP contribution is 2.17. The summed E-state index contributed by atoms with van der Waals surface area (Å²) in [6.07, 6.45) is 1.55. The van der Waals surface area contributed by atoms with Crippen molar-refractivity contribution in [3.63, 3.8) is 0 Å². The minimum Gasteiger partial charge on any atom is -0.352 e. The third-order valence-corrected chi connectivity index (χ3v) is 3.98. The molecule has 0 unspecified atom stereocenters. The van der Waals surface area contributed by atoms with Gasteiger partial charge in [-0.15, -0.1) is 0 Å². The van der Waals surface area contributed by atoms with Gasteiger partial charge in [-0.2, -0.15) is 0 Å². The lowest BCUT2D eigenvalue weighted by atomic mass is 10.3. The van der Waals surface area contributed by atoms with E-state index in [1.807, 2.05) is 6.07 Å². The first-order valence-corrected chi connectivity index (χ1v) is 6.94. The molecule has 2 rings (SSSR count). The van der Waals surface area contributed by atoms with E-state index in [9.17, 15) is 8.42 Å². The van der Waals surface area contributed by atoms with Gasteiger partial charge >= 0.3 is 0 Å². The SMILES string of the molecule is Cn1cc(S(=O)(=O)Nc2ccccc2)cc1CN. The predicted octanol–water partition coefficient (Wildman–Crippen LogP) is 1.28. The van der Waals surface area contributed by atoms with Gasteiger partial charge in [-0.3, -0.25) is 4.72 Å². The molecular weight excluding hydrogens is 250 g/mol. The highest BCUT2D eigenvalue weighted by Gasteiger charge is 2.17. The number of hydrogen-bond acceptors (Lipinski definition) is 3. The molecule has 0 bridgehead atoms. The van der Waals surface area contributed by atoms with Crippen molar-refractivity contribution in [2.45, 2.75) is 11.4 Å². The Labute approximate surface area is 106 Å². The average molecular weight is 265 g/mol. The third-order valence-electron chi connectivity index (χ3n) is 2.63. The zero-order chi connectivity index (χ0) is 13.2. The van der Waals surface area contributed by atoms with Crippen molar-refractivity contribution in [3.8, 4) is 0 Å². The van der Waals surface area contributed by atoms with Crippen LogP contribution in [0.4, 0.5) is 5.69 Å². The van der Waals surface area contributed by atoms with Crippen LogP contribution in [0, 0.1) is 0 Å². The van der Waals surface area contributed by atoms with Gasteiger partial charge in [-0.05, 0) is 18.2 Å². The molecule has 0 saturated heterocycles. The summed E-state index contributed by atoms with van der Waals surface area (Å²) in [6, 6.07) is 10.3. The minimum atomic E-state index is -3.55. The number of sulfonamides is 1. The number of rotatable bonds is 4. The number of hydrogen-bond donors (Lipinski definition) is 2. The monoisotopic (exact) mass is 265 g/mol. The van der Waals surface area contributed by atoms with Crippen LogP contribution in [0.25, 0.3) is 0 Å². The zero-order valence-electron chi connectivity index (χ0n) is 10.00. The Balaban J connectivity index is 2.31. The van der Waals surface area contributed by atoms with E-state index in [1.165, 1.54) is 0 Å². The summed E-state index contributed by atoms with van der Waals surface area (Å²) in [5.74, 6) is 0. The molecule has 2 aromatic rings. The van der Waals surface area contributed by atoms with E-state index in [1.54, 1.807) is 48.1 Å². The van der Waals surface area contributed by atoms with Gasteiger partial charge in [0.05, 0.1) is 0 Å². The highest BCUT2D eigenvalue weighted by molar-refractivity contribution is 7.92. The fraction of sp³-hybridized carbons (Fsp3) is 0.167. The van der Waals surface area contributed by atoms with Crippen molar-refractivity contribution in [3.05, 3.63) is 48.3 Å². The number of aromatic nitrogens is 1. The standard InChI is InChI=1S/C12H15N3O2S/c1-15-9-12(7-11(15)8-13)18(16,17)14-10-5-3-2-4-6-10/h2-7,9,14H,8,13H2,1H3. The molecule has 6 heteroatoms. The maximum absolute atomic E-state index is 12.1. The van der Waals surface area contributed by atoms with Crippen LogP contribution < -0.4 is 10.5 Å². The number of nitrogens with one attached hydrogen (secondary N) is 1. The Morgan fingerprint density at radius 2 is 1.94 bits per heavy atom. The molecule has 1 aromatic heterocycles. The Morgan fingerprint density at radius 3 is 2.50 bits per heavy atom. The third kappa shape index (κ3) is 2.55. The molecule has 0 amide bonds. The van der Waals surface area contributed by atoms with Gasteiger partial charge in [0, 0.05) is 31.2 Å².